The van der Waals surface area contributed by atoms with Crippen molar-refractivity contribution in [1.82, 2.24) is 30.0 Å². The van der Waals surface area contributed by atoms with Gasteiger partial charge in [0.25, 0.3) is 0 Å². The van der Waals surface area contributed by atoms with Crippen molar-refractivity contribution in [3.05, 3.63) is 10.8 Å². The number of hydrogen-bond donors (Lipinski definition) is 1. The second-order valence-electron chi connectivity index (χ2n) is 3.58. The number of aryl methyl sites for hydroxylation is 1. The van der Waals surface area contributed by atoms with Gasteiger partial charge >= 0.3 is 0 Å². The number of rotatable bonds is 2. The largest absolute Gasteiger partial charge is 0.304 e. The maximum atomic E-state index is 5.20. The molecule has 2 rings (SSSR count). The lowest BCUT2D eigenvalue weighted by molar-refractivity contribution is 0.455. The van der Waals surface area contributed by atoms with Crippen molar-refractivity contribution < 1.29 is 0 Å². The zero-order valence-corrected chi connectivity index (χ0v) is 9.62. The standard InChI is InChI=1S/C8H12N6S/c1-5(2)14-11-7(10-12-14)6-4-9-13(3)8(6)15/h4-5,9H,1-3H3. The summed E-state index contributed by atoms with van der Waals surface area (Å²) >= 11 is 5.20. The molecule has 0 aromatic carbocycles. The Morgan fingerprint density at radius 1 is 1.47 bits per heavy atom. The van der Waals surface area contributed by atoms with E-state index in [1.54, 1.807) is 15.7 Å². The summed E-state index contributed by atoms with van der Waals surface area (Å²) in [6.07, 6.45) is 1.78. The molecule has 80 valence electrons. The number of aromatic amines is 1. The maximum Gasteiger partial charge on any atom is 0.209 e. The zero-order valence-electron chi connectivity index (χ0n) is 8.80. The molecule has 0 aliphatic carbocycles. The first-order valence-corrected chi connectivity index (χ1v) is 5.04. The van der Waals surface area contributed by atoms with Crippen LogP contribution in [0.3, 0.4) is 0 Å². The maximum absolute atomic E-state index is 5.20. The molecule has 0 unspecified atom stereocenters. The zero-order chi connectivity index (χ0) is 11.0. The molecule has 0 amide bonds. The highest BCUT2D eigenvalue weighted by molar-refractivity contribution is 7.71. The highest BCUT2D eigenvalue weighted by atomic mass is 32.1. The van der Waals surface area contributed by atoms with Gasteiger partial charge in [0.05, 0.1) is 11.6 Å². The smallest absolute Gasteiger partial charge is 0.209 e. The first kappa shape index (κ1) is 10.0. The molecular formula is C8H12N6S. The highest BCUT2D eigenvalue weighted by Crippen LogP contribution is 2.14. The lowest BCUT2D eigenvalue weighted by Gasteiger charge is -1.98. The summed E-state index contributed by atoms with van der Waals surface area (Å²) in [5.74, 6) is 0.561. The van der Waals surface area contributed by atoms with Crippen LogP contribution in [0.4, 0.5) is 0 Å². The molecule has 0 saturated carbocycles. The monoisotopic (exact) mass is 224 g/mol. The minimum atomic E-state index is 0.201. The van der Waals surface area contributed by atoms with Crippen molar-refractivity contribution in [1.29, 1.82) is 0 Å². The van der Waals surface area contributed by atoms with Crippen LogP contribution in [0.25, 0.3) is 11.4 Å². The molecule has 0 aliphatic heterocycles. The number of nitrogens with one attached hydrogen (secondary N) is 1. The third-order valence-corrected chi connectivity index (χ3v) is 2.56. The molecule has 0 aliphatic rings. The predicted octanol–water partition coefficient (Wildman–Crippen LogP) is 1.32. The normalized spacial score (nSPS) is 11.2. The summed E-state index contributed by atoms with van der Waals surface area (Å²) in [6.45, 7) is 3.99. The van der Waals surface area contributed by atoms with E-state index in [4.69, 9.17) is 12.2 Å². The van der Waals surface area contributed by atoms with E-state index >= 15 is 0 Å². The predicted molar refractivity (Wildman–Crippen MR) is 57.8 cm³/mol. The molecule has 6 nitrogen and oxygen atoms in total. The van der Waals surface area contributed by atoms with Crippen molar-refractivity contribution in [2.24, 2.45) is 7.05 Å². The van der Waals surface area contributed by atoms with Crippen LogP contribution in [0.15, 0.2) is 6.20 Å². The van der Waals surface area contributed by atoms with Crippen LogP contribution in [-0.2, 0) is 7.05 Å². The van der Waals surface area contributed by atoms with Crippen LogP contribution in [0.2, 0.25) is 0 Å². The molecule has 1 N–H and O–H groups in total. The van der Waals surface area contributed by atoms with Gasteiger partial charge in [0, 0.05) is 13.2 Å². The van der Waals surface area contributed by atoms with E-state index in [9.17, 15) is 0 Å². The first-order valence-electron chi connectivity index (χ1n) is 4.64. The van der Waals surface area contributed by atoms with E-state index in [1.807, 2.05) is 20.9 Å². The SMILES string of the molecule is CC(C)n1nnc(-c2c[nH]n(C)c2=S)n1. The van der Waals surface area contributed by atoms with Crippen molar-refractivity contribution in [3.8, 4) is 11.4 Å². The van der Waals surface area contributed by atoms with E-state index < -0.39 is 0 Å². The minimum absolute atomic E-state index is 0.201. The van der Waals surface area contributed by atoms with Crippen molar-refractivity contribution >= 4 is 12.2 Å². The molecule has 15 heavy (non-hydrogen) atoms. The number of tetrazole rings is 1. The van der Waals surface area contributed by atoms with Gasteiger partial charge < -0.3 is 5.10 Å². The molecule has 2 aromatic heterocycles. The van der Waals surface area contributed by atoms with E-state index in [1.165, 1.54) is 0 Å². The Hall–Kier alpha value is -1.50. The first-order chi connectivity index (χ1) is 7.09. The van der Waals surface area contributed by atoms with Crippen LogP contribution in [0, 0.1) is 4.64 Å². The highest BCUT2D eigenvalue weighted by Gasteiger charge is 2.11. The van der Waals surface area contributed by atoms with Crippen LogP contribution >= 0.6 is 12.2 Å². The molecule has 0 bridgehead atoms. The summed E-state index contributed by atoms with van der Waals surface area (Å²) in [5.41, 5.74) is 0.805. The van der Waals surface area contributed by atoms with Crippen molar-refractivity contribution in [2.75, 3.05) is 0 Å². The Morgan fingerprint density at radius 2 is 2.20 bits per heavy atom. The summed E-state index contributed by atoms with van der Waals surface area (Å²) in [7, 11) is 1.85. The molecular weight excluding hydrogens is 212 g/mol. The van der Waals surface area contributed by atoms with Gasteiger partial charge in [-0.25, -0.2) is 0 Å². The van der Waals surface area contributed by atoms with Gasteiger partial charge in [-0.3, -0.25) is 4.68 Å². The van der Waals surface area contributed by atoms with Crippen LogP contribution in [0.1, 0.15) is 19.9 Å². The average Bonchev–Trinajstić information content (AvgIpc) is 2.76. The van der Waals surface area contributed by atoms with Gasteiger partial charge in [-0.05, 0) is 19.1 Å². The van der Waals surface area contributed by atoms with Crippen molar-refractivity contribution in [3.63, 3.8) is 0 Å². The average molecular weight is 224 g/mol. The minimum Gasteiger partial charge on any atom is -0.304 e. The van der Waals surface area contributed by atoms with Crippen LogP contribution in [0.5, 0.6) is 0 Å². The van der Waals surface area contributed by atoms with E-state index in [-0.39, 0.29) is 6.04 Å². The van der Waals surface area contributed by atoms with E-state index in [0.29, 0.717) is 10.5 Å². The molecule has 0 fully saturated rings. The van der Waals surface area contributed by atoms with Gasteiger partial charge in [0.15, 0.2) is 0 Å². The number of aromatic nitrogens is 6. The Balaban J connectivity index is 2.46. The second kappa shape index (κ2) is 3.58. The Labute approximate surface area is 91.9 Å². The third kappa shape index (κ3) is 1.70. The number of H-pyrrole nitrogens is 1. The van der Waals surface area contributed by atoms with Crippen molar-refractivity contribution in [2.45, 2.75) is 19.9 Å². The lowest BCUT2D eigenvalue weighted by atomic mass is 10.3. The Morgan fingerprint density at radius 3 is 2.67 bits per heavy atom. The summed E-state index contributed by atoms with van der Waals surface area (Å²) in [5, 5.41) is 15.1. The Kier molecular flexibility index (Phi) is 2.39. The molecule has 0 saturated heterocycles. The fourth-order valence-electron chi connectivity index (χ4n) is 1.17. The van der Waals surface area contributed by atoms with Gasteiger partial charge in [0.1, 0.15) is 4.64 Å². The lowest BCUT2D eigenvalue weighted by Crippen LogP contribution is -2.04. The molecule has 0 spiro atoms. The molecule has 0 radical (unpaired) electrons. The van der Waals surface area contributed by atoms with Gasteiger partial charge in [-0.2, -0.15) is 4.80 Å². The van der Waals surface area contributed by atoms with Gasteiger partial charge in [-0.1, -0.05) is 12.2 Å². The van der Waals surface area contributed by atoms with Gasteiger partial charge in [-0.15, -0.1) is 10.2 Å². The number of hydrogen-bond acceptors (Lipinski definition) is 4. The molecule has 2 heterocycles. The number of nitrogens with zero attached hydrogens (tertiary/aromatic N) is 5. The summed E-state index contributed by atoms with van der Waals surface area (Å²) < 4.78 is 2.42. The van der Waals surface area contributed by atoms with Crippen LogP contribution < -0.4 is 0 Å². The van der Waals surface area contributed by atoms with E-state index in [2.05, 4.69) is 20.5 Å². The van der Waals surface area contributed by atoms with Gasteiger partial charge in [0.2, 0.25) is 5.82 Å². The fraction of sp³-hybridized carbons (Fsp3) is 0.500. The van der Waals surface area contributed by atoms with Crippen LogP contribution in [-0.4, -0.2) is 30.0 Å². The summed E-state index contributed by atoms with van der Waals surface area (Å²) in [6, 6.07) is 0.201. The second-order valence-corrected chi connectivity index (χ2v) is 3.97. The Bertz CT molecular complexity index is 519. The quantitative estimate of drug-likeness (QED) is 0.781. The topological polar surface area (TPSA) is 64.3 Å². The summed E-state index contributed by atoms with van der Waals surface area (Å²) in [4.78, 5) is 1.57. The fourth-order valence-corrected chi connectivity index (χ4v) is 1.38. The molecule has 2 aromatic rings. The third-order valence-electron chi connectivity index (χ3n) is 2.07. The van der Waals surface area contributed by atoms with E-state index in [0.717, 1.165) is 5.56 Å². The molecule has 0 atom stereocenters. The molecule has 7 heteroatoms.